The molecule has 5 rings (SSSR count). The fourth-order valence-corrected chi connectivity index (χ4v) is 4.67. The van der Waals surface area contributed by atoms with E-state index in [1.54, 1.807) is 41.3 Å². The molecule has 0 N–H and O–H groups in total. The van der Waals surface area contributed by atoms with Gasteiger partial charge in [0.2, 0.25) is 5.91 Å². The number of benzene rings is 2. The maximum atomic E-state index is 13.2. The van der Waals surface area contributed by atoms with Crippen molar-refractivity contribution >= 4 is 29.2 Å². The highest BCUT2D eigenvalue weighted by atomic mass is 35.5. The number of nitrogens with zero attached hydrogens (tertiary/aromatic N) is 5. The molecule has 0 radical (unpaired) electrons. The summed E-state index contributed by atoms with van der Waals surface area (Å²) in [6.07, 6.45) is 2.60. The van der Waals surface area contributed by atoms with Crippen LogP contribution in [0.4, 0.5) is 10.2 Å². The minimum absolute atomic E-state index is 0.0538. The molecule has 1 saturated heterocycles. The molecule has 2 heterocycles. The number of rotatable bonds is 6. The van der Waals surface area contributed by atoms with Crippen LogP contribution in [0, 0.1) is 5.82 Å². The summed E-state index contributed by atoms with van der Waals surface area (Å²) in [5, 5.41) is 9.08. The standard InChI is InChI=1S/C27H27ClFN5O2/c28-23-5-2-1-4-22(23)27(36)34(21-10-11-21)18-26(35)33-15-3-14-32(16-17-33)25-13-12-24(30-31-25)19-6-8-20(29)9-7-19/h1-2,4-9,12-13,21H,3,10-11,14-18H2. The van der Waals surface area contributed by atoms with E-state index in [4.69, 9.17) is 11.6 Å². The summed E-state index contributed by atoms with van der Waals surface area (Å²) in [6, 6.07) is 17.0. The van der Waals surface area contributed by atoms with E-state index in [0.29, 0.717) is 35.9 Å². The summed E-state index contributed by atoms with van der Waals surface area (Å²) in [6.45, 7) is 2.59. The lowest BCUT2D eigenvalue weighted by atomic mass is 10.1. The third-order valence-corrected chi connectivity index (χ3v) is 6.95. The second-order valence-corrected chi connectivity index (χ2v) is 9.56. The summed E-state index contributed by atoms with van der Waals surface area (Å²) in [7, 11) is 0. The molecule has 1 saturated carbocycles. The van der Waals surface area contributed by atoms with E-state index in [9.17, 15) is 14.0 Å². The highest BCUT2D eigenvalue weighted by Gasteiger charge is 2.36. The molecule has 2 aromatic carbocycles. The first-order valence-corrected chi connectivity index (χ1v) is 12.6. The molecular formula is C27H27ClFN5O2. The summed E-state index contributed by atoms with van der Waals surface area (Å²) in [5.41, 5.74) is 1.91. The zero-order chi connectivity index (χ0) is 25.1. The van der Waals surface area contributed by atoms with Crippen molar-refractivity contribution < 1.29 is 14.0 Å². The van der Waals surface area contributed by atoms with E-state index >= 15 is 0 Å². The second kappa shape index (κ2) is 10.6. The van der Waals surface area contributed by atoms with Gasteiger partial charge in [0.15, 0.2) is 5.82 Å². The predicted octanol–water partition coefficient (Wildman–Crippen LogP) is 4.28. The van der Waals surface area contributed by atoms with Crippen molar-refractivity contribution in [2.45, 2.75) is 25.3 Å². The second-order valence-electron chi connectivity index (χ2n) is 9.15. The molecule has 0 atom stereocenters. The lowest BCUT2D eigenvalue weighted by Gasteiger charge is -2.27. The maximum Gasteiger partial charge on any atom is 0.256 e. The van der Waals surface area contributed by atoms with Crippen LogP contribution in [0.1, 0.15) is 29.6 Å². The van der Waals surface area contributed by atoms with Crippen LogP contribution in [0.2, 0.25) is 5.02 Å². The van der Waals surface area contributed by atoms with Gasteiger partial charge in [-0.15, -0.1) is 10.2 Å². The van der Waals surface area contributed by atoms with E-state index in [-0.39, 0.29) is 30.2 Å². The molecule has 2 aliphatic rings. The van der Waals surface area contributed by atoms with E-state index in [1.165, 1.54) is 12.1 Å². The SMILES string of the molecule is O=C(CN(C(=O)c1ccccc1Cl)C1CC1)N1CCCN(c2ccc(-c3ccc(F)cc3)nn2)CC1. The zero-order valence-electron chi connectivity index (χ0n) is 19.8. The first kappa shape index (κ1) is 24.2. The molecule has 36 heavy (non-hydrogen) atoms. The Bertz CT molecular complexity index is 1230. The van der Waals surface area contributed by atoms with Crippen LogP contribution in [0.15, 0.2) is 60.7 Å². The highest BCUT2D eigenvalue weighted by molar-refractivity contribution is 6.33. The molecule has 0 spiro atoms. The Morgan fingerprint density at radius 3 is 2.42 bits per heavy atom. The third-order valence-electron chi connectivity index (χ3n) is 6.62. The van der Waals surface area contributed by atoms with Crippen molar-refractivity contribution in [3.05, 3.63) is 77.1 Å². The fraction of sp³-hybridized carbons (Fsp3) is 0.333. The molecule has 2 fully saturated rings. The summed E-state index contributed by atoms with van der Waals surface area (Å²) >= 11 is 6.25. The van der Waals surface area contributed by atoms with Gasteiger partial charge in [-0.25, -0.2) is 4.39 Å². The highest BCUT2D eigenvalue weighted by Crippen LogP contribution is 2.30. The average Bonchev–Trinajstić information content (AvgIpc) is 3.75. The number of aromatic nitrogens is 2. The fourth-order valence-electron chi connectivity index (χ4n) is 4.45. The molecule has 0 bridgehead atoms. The van der Waals surface area contributed by atoms with Crippen molar-refractivity contribution in [1.29, 1.82) is 0 Å². The van der Waals surface area contributed by atoms with E-state index in [2.05, 4.69) is 15.1 Å². The Morgan fingerprint density at radius 2 is 1.72 bits per heavy atom. The molecule has 7 nitrogen and oxygen atoms in total. The van der Waals surface area contributed by atoms with E-state index < -0.39 is 0 Å². The third kappa shape index (κ3) is 5.49. The first-order chi connectivity index (χ1) is 17.5. The van der Waals surface area contributed by atoms with Gasteiger partial charge < -0.3 is 14.7 Å². The molecular weight excluding hydrogens is 481 g/mol. The van der Waals surface area contributed by atoms with Crippen LogP contribution in [-0.4, -0.2) is 70.6 Å². The first-order valence-electron chi connectivity index (χ1n) is 12.2. The van der Waals surface area contributed by atoms with Crippen molar-refractivity contribution in [3.63, 3.8) is 0 Å². The zero-order valence-corrected chi connectivity index (χ0v) is 20.6. The Kier molecular flexibility index (Phi) is 7.13. The Labute approximate surface area is 214 Å². The number of hydrogen-bond donors (Lipinski definition) is 0. The van der Waals surface area contributed by atoms with Gasteiger partial charge in [-0.1, -0.05) is 23.7 Å². The molecule has 2 amide bonds. The number of amides is 2. The number of carbonyl (C=O) groups is 2. The normalized spacial score (nSPS) is 15.9. The van der Waals surface area contributed by atoms with Crippen LogP contribution >= 0.6 is 11.6 Å². The number of carbonyl (C=O) groups excluding carboxylic acids is 2. The Balaban J connectivity index is 1.21. The molecule has 9 heteroatoms. The van der Waals surface area contributed by atoms with E-state index in [1.807, 2.05) is 17.0 Å². The van der Waals surface area contributed by atoms with Gasteiger partial charge >= 0.3 is 0 Å². The number of anilines is 1. The average molecular weight is 508 g/mol. The topological polar surface area (TPSA) is 69.6 Å². The van der Waals surface area contributed by atoms with Gasteiger partial charge in [0.05, 0.1) is 16.3 Å². The summed E-state index contributed by atoms with van der Waals surface area (Å²) in [5.74, 6) is 0.204. The summed E-state index contributed by atoms with van der Waals surface area (Å²) in [4.78, 5) is 32.0. The molecule has 1 aromatic heterocycles. The van der Waals surface area contributed by atoms with Crippen molar-refractivity contribution in [3.8, 4) is 11.3 Å². The molecule has 186 valence electrons. The van der Waals surface area contributed by atoms with Crippen molar-refractivity contribution in [2.75, 3.05) is 37.6 Å². The number of hydrogen-bond acceptors (Lipinski definition) is 5. The predicted molar refractivity (Wildman–Crippen MR) is 136 cm³/mol. The quantitative estimate of drug-likeness (QED) is 0.498. The van der Waals surface area contributed by atoms with Crippen LogP contribution in [0.5, 0.6) is 0 Å². The largest absolute Gasteiger partial charge is 0.353 e. The van der Waals surface area contributed by atoms with Crippen molar-refractivity contribution in [2.24, 2.45) is 0 Å². The van der Waals surface area contributed by atoms with Gasteiger partial charge in [0.1, 0.15) is 12.4 Å². The molecule has 1 aliphatic heterocycles. The van der Waals surface area contributed by atoms with Gasteiger partial charge in [0.25, 0.3) is 5.91 Å². The minimum atomic E-state index is -0.291. The maximum absolute atomic E-state index is 13.2. The monoisotopic (exact) mass is 507 g/mol. The Hall–Kier alpha value is -3.52. The smallest absolute Gasteiger partial charge is 0.256 e. The van der Waals surface area contributed by atoms with Crippen LogP contribution in [-0.2, 0) is 4.79 Å². The van der Waals surface area contributed by atoms with E-state index in [0.717, 1.165) is 37.2 Å². The van der Waals surface area contributed by atoms with Gasteiger partial charge in [-0.3, -0.25) is 9.59 Å². The number of halogens is 2. The minimum Gasteiger partial charge on any atom is -0.353 e. The van der Waals surface area contributed by atoms with Gasteiger partial charge in [-0.2, -0.15) is 0 Å². The lowest BCUT2D eigenvalue weighted by molar-refractivity contribution is -0.131. The van der Waals surface area contributed by atoms with Crippen molar-refractivity contribution in [1.82, 2.24) is 20.0 Å². The van der Waals surface area contributed by atoms with Crippen LogP contribution < -0.4 is 4.90 Å². The summed E-state index contributed by atoms with van der Waals surface area (Å²) < 4.78 is 13.2. The Morgan fingerprint density at radius 1 is 0.944 bits per heavy atom. The molecule has 1 aliphatic carbocycles. The molecule has 3 aromatic rings. The van der Waals surface area contributed by atoms with Crippen LogP contribution in [0.25, 0.3) is 11.3 Å². The van der Waals surface area contributed by atoms with Crippen LogP contribution in [0.3, 0.4) is 0 Å². The van der Waals surface area contributed by atoms with Gasteiger partial charge in [0, 0.05) is 37.8 Å². The lowest BCUT2D eigenvalue weighted by Crippen LogP contribution is -2.45. The van der Waals surface area contributed by atoms with Gasteiger partial charge in [-0.05, 0) is 67.8 Å². The molecule has 0 unspecified atom stereocenters.